The molecule has 0 radical (unpaired) electrons. The zero-order valence-corrected chi connectivity index (χ0v) is 22.1. The molecule has 0 unspecified atom stereocenters. The molecule has 178 valence electrons. The fourth-order valence-corrected chi connectivity index (χ4v) is 6.75. The predicted octanol–water partition coefficient (Wildman–Crippen LogP) is 7.96. The largest absolute Gasteiger partial charge is 0.476 e. The van der Waals surface area contributed by atoms with Crippen molar-refractivity contribution in [2.24, 2.45) is 0 Å². The third-order valence-electron chi connectivity index (χ3n) is 5.42. The summed E-state index contributed by atoms with van der Waals surface area (Å²) in [6.07, 6.45) is 1.83. The maximum Gasteiger partial charge on any atom is 0.355 e. The zero-order valence-electron chi connectivity index (χ0n) is 19.0. The highest BCUT2D eigenvalue weighted by molar-refractivity contribution is 8.01. The second-order valence-corrected chi connectivity index (χ2v) is 11.8. The molecule has 0 saturated carbocycles. The van der Waals surface area contributed by atoms with Gasteiger partial charge in [0.2, 0.25) is 5.13 Å². The number of nitrogens with one attached hydrogen (secondary N) is 1. The number of rotatable bonds is 6. The minimum Gasteiger partial charge on any atom is -0.476 e. The molecule has 6 nitrogen and oxygen atoms in total. The van der Waals surface area contributed by atoms with Gasteiger partial charge in [0.05, 0.1) is 25.6 Å². The van der Waals surface area contributed by atoms with E-state index in [4.69, 9.17) is 28.2 Å². The number of halogens is 2. The first kappa shape index (κ1) is 23.9. The number of thioether (sulfide) groups is 1. The van der Waals surface area contributed by atoms with Crippen LogP contribution in [0.2, 0.25) is 10.0 Å². The Morgan fingerprint density at radius 1 is 1.17 bits per heavy atom. The van der Waals surface area contributed by atoms with Crippen LogP contribution in [0.1, 0.15) is 30.0 Å². The SMILES string of the molecule is Cc1nn(-c2nc(-c3ccc(Cl)c(Cl)c3)c(SC(C)C)s2)c(C(=O)O)c1-c1c[nH]c2ccccc12. The number of H-pyrrole nitrogens is 1. The summed E-state index contributed by atoms with van der Waals surface area (Å²) in [6.45, 7) is 6.01. The number of benzene rings is 2. The Balaban J connectivity index is 1.72. The molecule has 0 spiro atoms. The van der Waals surface area contributed by atoms with E-state index in [-0.39, 0.29) is 5.69 Å². The fraction of sp³-hybridized carbons (Fsp3) is 0.160. The Morgan fingerprint density at radius 2 is 1.94 bits per heavy atom. The minimum absolute atomic E-state index is 0.0720. The van der Waals surface area contributed by atoms with Gasteiger partial charge in [-0.3, -0.25) is 0 Å². The number of fused-ring (bicyclic) bond motifs is 1. The number of carbonyl (C=O) groups is 1. The summed E-state index contributed by atoms with van der Waals surface area (Å²) in [5, 5.41) is 17.5. The molecule has 0 aliphatic carbocycles. The summed E-state index contributed by atoms with van der Waals surface area (Å²) in [6, 6.07) is 13.2. The second kappa shape index (κ2) is 9.35. The molecule has 0 amide bonds. The van der Waals surface area contributed by atoms with Crippen molar-refractivity contribution in [2.75, 3.05) is 0 Å². The maximum atomic E-state index is 12.6. The number of hydrogen-bond acceptors (Lipinski definition) is 5. The van der Waals surface area contributed by atoms with Gasteiger partial charge >= 0.3 is 5.97 Å². The van der Waals surface area contributed by atoms with Crippen LogP contribution in [0.4, 0.5) is 0 Å². The summed E-state index contributed by atoms with van der Waals surface area (Å²) in [5.41, 5.74) is 4.50. The number of nitrogens with zero attached hydrogens (tertiary/aromatic N) is 3. The first-order valence-electron chi connectivity index (χ1n) is 10.8. The van der Waals surface area contributed by atoms with E-state index < -0.39 is 5.97 Å². The molecule has 2 N–H and O–H groups in total. The van der Waals surface area contributed by atoms with Crippen LogP contribution < -0.4 is 0 Å². The molecule has 5 rings (SSSR count). The van der Waals surface area contributed by atoms with Crippen molar-refractivity contribution in [3.63, 3.8) is 0 Å². The molecular formula is C25H20Cl2N4O2S2. The molecule has 2 aromatic carbocycles. The molecule has 0 saturated heterocycles. The van der Waals surface area contributed by atoms with Gasteiger partial charge in [0.25, 0.3) is 0 Å². The number of aromatic nitrogens is 4. The lowest BCUT2D eigenvalue weighted by Crippen LogP contribution is -2.09. The van der Waals surface area contributed by atoms with Crippen molar-refractivity contribution >= 4 is 63.2 Å². The fourth-order valence-electron chi connectivity index (χ4n) is 3.97. The molecule has 0 aliphatic rings. The number of carboxylic acid groups (broad SMARTS) is 1. The van der Waals surface area contributed by atoms with Crippen molar-refractivity contribution in [2.45, 2.75) is 30.2 Å². The highest BCUT2D eigenvalue weighted by Crippen LogP contribution is 2.42. The van der Waals surface area contributed by atoms with Crippen LogP contribution >= 0.6 is 46.3 Å². The van der Waals surface area contributed by atoms with E-state index in [0.717, 1.165) is 31.9 Å². The van der Waals surface area contributed by atoms with Crippen LogP contribution in [0.25, 0.3) is 38.4 Å². The molecule has 0 atom stereocenters. The quantitative estimate of drug-likeness (QED) is 0.212. The Hall–Kier alpha value is -2.78. The lowest BCUT2D eigenvalue weighted by Gasteiger charge is -2.05. The number of aromatic carboxylic acids is 1. The standard InChI is InChI=1S/C25H20Cl2N4O2S2/c1-12(2)34-24-21(14-8-9-17(26)18(27)10-14)29-25(35-24)31-22(23(32)33)20(13(3)30-31)16-11-28-19-7-5-4-6-15(16)19/h4-12,28H,1-3H3,(H,32,33). The van der Waals surface area contributed by atoms with Crippen LogP contribution in [0.5, 0.6) is 0 Å². The van der Waals surface area contributed by atoms with Crippen molar-refractivity contribution < 1.29 is 9.90 Å². The summed E-state index contributed by atoms with van der Waals surface area (Å²) < 4.78 is 2.39. The number of thiazole rings is 1. The van der Waals surface area contributed by atoms with Gasteiger partial charge in [-0.2, -0.15) is 9.78 Å². The number of aromatic amines is 1. The van der Waals surface area contributed by atoms with Crippen molar-refractivity contribution in [1.29, 1.82) is 0 Å². The van der Waals surface area contributed by atoms with Crippen LogP contribution in [-0.2, 0) is 0 Å². The van der Waals surface area contributed by atoms with Gasteiger partial charge in [0, 0.05) is 39.0 Å². The zero-order chi connectivity index (χ0) is 24.9. The normalized spacial score (nSPS) is 11.6. The third-order valence-corrected chi connectivity index (χ3v) is 8.41. The van der Waals surface area contributed by atoms with Gasteiger partial charge in [-0.25, -0.2) is 9.78 Å². The average Bonchev–Trinajstić information content (AvgIpc) is 3.50. The van der Waals surface area contributed by atoms with Gasteiger partial charge in [-0.1, -0.05) is 72.7 Å². The van der Waals surface area contributed by atoms with E-state index in [1.807, 2.05) is 43.5 Å². The van der Waals surface area contributed by atoms with Gasteiger partial charge in [0.1, 0.15) is 0 Å². The van der Waals surface area contributed by atoms with Gasteiger partial charge < -0.3 is 10.1 Å². The molecule has 0 aliphatic heterocycles. The lowest BCUT2D eigenvalue weighted by molar-refractivity contribution is 0.0688. The predicted molar refractivity (Wildman–Crippen MR) is 145 cm³/mol. The van der Waals surface area contributed by atoms with Crippen molar-refractivity contribution in [1.82, 2.24) is 19.7 Å². The van der Waals surface area contributed by atoms with E-state index in [0.29, 0.717) is 31.7 Å². The van der Waals surface area contributed by atoms with Gasteiger partial charge in [-0.05, 0) is 25.1 Å². The highest BCUT2D eigenvalue weighted by Gasteiger charge is 2.28. The lowest BCUT2D eigenvalue weighted by atomic mass is 10.0. The molecule has 3 heterocycles. The Morgan fingerprint density at radius 3 is 2.66 bits per heavy atom. The van der Waals surface area contributed by atoms with E-state index in [9.17, 15) is 9.90 Å². The number of hydrogen-bond donors (Lipinski definition) is 2. The first-order valence-corrected chi connectivity index (χ1v) is 13.2. The number of carboxylic acids is 1. The highest BCUT2D eigenvalue weighted by atomic mass is 35.5. The van der Waals surface area contributed by atoms with Crippen LogP contribution in [-0.4, -0.2) is 36.1 Å². The third kappa shape index (κ3) is 4.36. The minimum atomic E-state index is -1.07. The summed E-state index contributed by atoms with van der Waals surface area (Å²) >= 11 is 15.5. The number of para-hydroxylation sites is 1. The smallest absolute Gasteiger partial charge is 0.355 e. The summed E-state index contributed by atoms with van der Waals surface area (Å²) in [5.74, 6) is -1.07. The first-order chi connectivity index (χ1) is 16.7. The van der Waals surface area contributed by atoms with Gasteiger partial charge in [0.15, 0.2) is 5.69 Å². The van der Waals surface area contributed by atoms with E-state index in [1.165, 1.54) is 16.0 Å². The maximum absolute atomic E-state index is 12.6. The van der Waals surface area contributed by atoms with E-state index in [2.05, 4.69) is 23.9 Å². The van der Waals surface area contributed by atoms with Crippen LogP contribution in [0.3, 0.4) is 0 Å². The van der Waals surface area contributed by atoms with Crippen molar-refractivity contribution in [3.8, 4) is 27.5 Å². The summed E-state index contributed by atoms with van der Waals surface area (Å²) in [4.78, 5) is 20.6. The molecule has 35 heavy (non-hydrogen) atoms. The Labute approximate surface area is 219 Å². The molecule has 0 bridgehead atoms. The summed E-state index contributed by atoms with van der Waals surface area (Å²) in [7, 11) is 0. The monoisotopic (exact) mass is 542 g/mol. The molecular weight excluding hydrogens is 523 g/mol. The molecule has 5 aromatic rings. The average molecular weight is 544 g/mol. The molecule has 3 aromatic heterocycles. The van der Waals surface area contributed by atoms with Crippen molar-refractivity contribution in [3.05, 3.63) is 70.1 Å². The Bertz CT molecular complexity index is 1590. The molecule has 0 fully saturated rings. The van der Waals surface area contributed by atoms with E-state index >= 15 is 0 Å². The number of aryl methyl sites for hydroxylation is 1. The second-order valence-electron chi connectivity index (χ2n) is 8.20. The Kier molecular flexibility index (Phi) is 6.40. The van der Waals surface area contributed by atoms with Gasteiger partial charge in [-0.15, -0.1) is 11.8 Å². The topological polar surface area (TPSA) is 83.8 Å². The van der Waals surface area contributed by atoms with Crippen LogP contribution in [0.15, 0.2) is 52.9 Å². The molecule has 10 heteroatoms. The van der Waals surface area contributed by atoms with Crippen LogP contribution in [0, 0.1) is 6.92 Å². The van der Waals surface area contributed by atoms with E-state index in [1.54, 1.807) is 23.9 Å².